The minimum Gasteiger partial charge on any atom is -0.302 e. The second-order valence-electron chi connectivity index (χ2n) is 6.52. The van der Waals surface area contributed by atoms with Crippen LogP contribution in [0.25, 0.3) is 11.3 Å². The molecular weight excluding hydrogens is 262 g/mol. The molecule has 0 aliphatic carbocycles. The molecule has 0 amide bonds. The summed E-state index contributed by atoms with van der Waals surface area (Å²) in [6.07, 6.45) is 3.76. The Morgan fingerprint density at radius 2 is 2.05 bits per heavy atom. The highest BCUT2D eigenvalue weighted by atomic mass is 15.2. The highest BCUT2D eigenvalue weighted by Gasteiger charge is 2.43. The summed E-state index contributed by atoms with van der Waals surface area (Å²) in [5.74, 6) is 0. The van der Waals surface area contributed by atoms with Crippen molar-refractivity contribution in [2.24, 2.45) is 0 Å². The van der Waals surface area contributed by atoms with Crippen molar-refractivity contribution in [1.29, 1.82) is 0 Å². The summed E-state index contributed by atoms with van der Waals surface area (Å²) in [6.45, 7) is 7.65. The zero-order valence-corrected chi connectivity index (χ0v) is 12.7. The van der Waals surface area contributed by atoms with Crippen molar-refractivity contribution in [2.75, 3.05) is 19.6 Å². The number of nitrogens with zero attached hydrogens (tertiary/aromatic N) is 4. The highest BCUT2D eigenvalue weighted by molar-refractivity contribution is 5.64. The number of aryl methyl sites for hydroxylation is 2. The number of hydrogen-bond acceptors (Lipinski definition) is 4. The fraction of sp³-hybridized carbons (Fsp3) is 0.562. The maximum Gasteiger partial charge on any atom is 0.0966 e. The molecule has 0 radical (unpaired) electrons. The first-order chi connectivity index (χ1) is 10.2. The van der Waals surface area contributed by atoms with Crippen LogP contribution < -0.4 is 0 Å². The first kappa shape index (κ1) is 13.0. The third-order valence-corrected chi connectivity index (χ3v) is 5.15. The van der Waals surface area contributed by atoms with E-state index in [0.717, 1.165) is 29.2 Å². The molecule has 2 unspecified atom stereocenters. The fourth-order valence-electron chi connectivity index (χ4n) is 4.01. The van der Waals surface area contributed by atoms with E-state index in [0.29, 0.717) is 0 Å². The van der Waals surface area contributed by atoms with Crippen LogP contribution in [0, 0.1) is 13.8 Å². The van der Waals surface area contributed by atoms with E-state index < -0.39 is 0 Å². The van der Waals surface area contributed by atoms with Crippen molar-refractivity contribution in [3.8, 4) is 11.3 Å². The molecule has 2 aliphatic heterocycles. The second kappa shape index (κ2) is 4.63. The van der Waals surface area contributed by atoms with E-state index >= 15 is 0 Å². The monoisotopic (exact) mass is 283 g/mol. The lowest BCUT2D eigenvalue weighted by atomic mass is 9.78. The smallest absolute Gasteiger partial charge is 0.0966 e. The minimum absolute atomic E-state index is 0.254. The molecule has 2 aromatic heterocycles. The Bertz CT molecular complexity index is 636. The molecule has 2 bridgehead atoms. The van der Waals surface area contributed by atoms with E-state index in [9.17, 15) is 0 Å². The number of fused-ring (bicyclic) bond motifs is 2. The Balaban J connectivity index is 1.68. The summed E-state index contributed by atoms with van der Waals surface area (Å²) in [5.41, 5.74) is 5.47. The molecule has 110 valence electrons. The van der Waals surface area contributed by atoms with E-state index in [1.165, 1.54) is 38.0 Å². The van der Waals surface area contributed by atoms with E-state index in [-0.39, 0.29) is 5.41 Å². The predicted molar refractivity (Wildman–Crippen MR) is 81.1 cm³/mol. The maximum absolute atomic E-state index is 4.59. The van der Waals surface area contributed by atoms with Gasteiger partial charge in [-0.25, -0.2) is 0 Å². The Labute approximate surface area is 124 Å². The average Bonchev–Trinajstić information content (AvgIpc) is 3.00. The van der Waals surface area contributed by atoms with Crippen molar-refractivity contribution >= 4 is 0 Å². The van der Waals surface area contributed by atoms with Crippen molar-refractivity contribution < 1.29 is 0 Å². The summed E-state index contributed by atoms with van der Waals surface area (Å²) < 4.78 is 0. The number of aromatic amines is 1. The number of hydrogen-bond donors (Lipinski definition) is 1. The Morgan fingerprint density at radius 3 is 2.76 bits per heavy atom. The molecule has 5 nitrogen and oxygen atoms in total. The van der Waals surface area contributed by atoms with Gasteiger partial charge >= 0.3 is 0 Å². The van der Waals surface area contributed by atoms with Crippen LogP contribution in [0.1, 0.15) is 36.3 Å². The Kier molecular flexibility index (Phi) is 2.85. The number of aromatic nitrogens is 4. The second-order valence-corrected chi connectivity index (χ2v) is 6.52. The Morgan fingerprint density at radius 1 is 1.14 bits per heavy atom. The molecule has 0 aromatic carbocycles. The summed E-state index contributed by atoms with van der Waals surface area (Å²) in [7, 11) is 0. The zero-order valence-electron chi connectivity index (χ0n) is 12.7. The number of rotatable bonds is 2. The molecule has 21 heavy (non-hydrogen) atoms. The largest absolute Gasteiger partial charge is 0.302 e. The minimum atomic E-state index is 0.254. The van der Waals surface area contributed by atoms with Crippen molar-refractivity contribution in [2.45, 2.75) is 38.5 Å². The molecule has 2 fully saturated rings. The lowest BCUT2D eigenvalue weighted by Crippen LogP contribution is -2.37. The van der Waals surface area contributed by atoms with Crippen LogP contribution in [0.3, 0.4) is 0 Å². The van der Waals surface area contributed by atoms with Crippen LogP contribution in [0.4, 0.5) is 0 Å². The van der Waals surface area contributed by atoms with Crippen molar-refractivity contribution in [3.63, 3.8) is 0 Å². The molecule has 2 aromatic rings. The molecular formula is C16H21N5. The normalized spacial score (nSPS) is 28.0. The highest BCUT2D eigenvalue weighted by Crippen LogP contribution is 2.41. The molecule has 5 heteroatoms. The third kappa shape index (κ3) is 1.99. The van der Waals surface area contributed by atoms with Gasteiger partial charge in [-0.2, -0.15) is 15.3 Å². The number of nitrogens with one attached hydrogen (secondary N) is 1. The lowest BCUT2D eigenvalue weighted by Gasteiger charge is -2.33. The quantitative estimate of drug-likeness (QED) is 0.918. The van der Waals surface area contributed by atoms with Crippen LogP contribution in [-0.4, -0.2) is 44.9 Å². The molecule has 2 saturated heterocycles. The van der Waals surface area contributed by atoms with Crippen molar-refractivity contribution in [1.82, 2.24) is 25.3 Å². The van der Waals surface area contributed by atoms with E-state index in [1.807, 2.05) is 13.8 Å². The predicted octanol–water partition coefficient (Wildman–Crippen LogP) is 2.22. The van der Waals surface area contributed by atoms with Crippen molar-refractivity contribution in [3.05, 3.63) is 29.2 Å². The molecule has 2 aliphatic rings. The van der Waals surface area contributed by atoms with Gasteiger partial charge in [-0.05, 0) is 58.3 Å². The molecule has 4 heterocycles. The van der Waals surface area contributed by atoms with Crippen LogP contribution in [-0.2, 0) is 5.41 Å². The maximum atomic E-state index is 4.59. The van der Waals surface area contributed by atoms with E-state index in [1.54, 1.807) is 0 Å². The topological polar surface area (TPSA) is 57.7 Å². The first-order valence-electron chi connectivity index (χ1n) is 7.76. The lowest BCUT2D eigenvalue weighted by molar-refractivity contribution is 0.239. The third-order valence-electron chi connectivity index (χ3n) is 5.15. The van der Waals surface area contributed by atoms with Gasteiger partial charge in [-0.1, -0.05) is 0 Å². The average molecular weight is 283 g/mol. The van der Waals surface area contributed by atoms with Gasteiger partial charge in [0.15, 0.2) is 0 Å². The number of piperidine rings is 1. The fourth-order valence-corrected chi connectivity index (χ4v) is 4.01. The van der Waals surface area contributed by atoms with Crippen LogP contribution in [0.2, 0.25) is 0 Å². The van der Waals surface area contributed by atoms with Crippen LogP contribution in [0.15, 0.2) is 12.1 Å². The van der Waals surface area contributed by atoms with Crippen LogP contribution >= 0.6 is 0 Å². The van der Waals surface area contributed by atoms with Gasteiger partial charge in [-0.3, -0.25) is 5.10 Å². The summed E-state index contributed by atoms with van der Waals surface area (Å²) in [6, 6.07) is 4.29. The van der Waals surface area contributed by atoms with Gasteiger partial charge in [-0.15, -0.1) is 0 Å². The molecule has 2 atom stereocenters. The zero-order chi connectivity index (χ0) is 14.4. The molecule has 0 spiro atoms. The van der Waals surface area contributed by atoms with Gasteiger partial charge in [0.2, 0.25) is 0 Å². The Hall–Kier alpha value is -1.75. The van der Waals surface area contributed by atoms with Gasteiger partial charge in [0.05, 0.1) is 17.1 Å². The SMILES string of the molecule is Cc1n[nH]c(C)c1-c1ccc(C23CCCN(CC2)C3)nn1. The first-order valence-corrected chi connectivity index (χ1v) is 7.76. The van der Waals surface area contributed by atoms with Crippen LogP contribution in [0.5, 0.6) is 0 Å². The van der Waals surface area contributed by atoms with Gasteiger partial charge in [0.25, 0.3) is 0 Å². The molecule has 4 rings (SSSR count). The van der Waals surface area contributed by atoms with Gasteiger partial charge in [0, 0.05) is 23.2 Å². The molecule has 0 saturated carbocycles. The number of H-pyrrole nitrogens is 1. The van der Waals surface area contributed by atoms with Gasteiger partial charge in [0.1, 0.15) is 0 Å². The summed E-state index contributed by atoms with van der Waals surface area (Å²) in [5, 5.41) is 16.3. The summed E-state index contributed by atoms with van der Waals surface area (Å²) in [4.78, 5) is 2.56. The van der Waals surface area contributed by atoms with E-state index in [4.69, 9.17) is 0 Å². The van der Waals surface area contributed by atoms with E-state index in [2.05, 4.69) is 37.4 Å². The molecule has 1 N–H and O–H groups in total. The standard InChI is InChI=1S/C16H21N5/c1-11-15(12(2)18-17-11)13-4-5-14(20-19-13)16-6-3-8-21(10-16)9-7-16/h4-5H,3,6-10H2,1-2H3,(H,17,18). The van der Waals surface area contributed by atoms with Gasteiger partial charge < -0.3 is 4.90 Å². The summed E-state index contributed by atoms with van der Waals surface area (Å²) >= 11 is 0.